The van der Waals surface area contributed by atoms with Crippen molar-refractivity contribution < 1.29 is 14.1 Å². The molecule has 1 aliphatic heterocycles. The number of rotatable bonds is 6. The highest BCUT2D eigenvalue weighted by atomic mass is 16.5. The maximum atomic E-state index is 12.6. The van der Waals surface area contributed by atoms with Crippen molar-refractivity contribution in [3.05, 3.63) is 42.0 Å². The summed E-state index contributed by atoms with van der Waals surface area (Å²) in [6, 6.07) is 8.87. The molecule has 0 radical (unpaired) electrons. The molecule has 7 nitrogen and oxygen atoms in total. The fraction of sp³-hybridized carbons (Fsp3) is 0.474. The molecule has 0 spiro atoms. The van der Waals surface area contributed by atoms with E-state index in [4.69, 9.17) is 4.52 Å². The monoisotopic (exact) mass is 356 g/mol. The molecule has 0 unspecified atom stereocenters. The first kappa shape index (κ1) is 18.1. The van der Waals surface area contributed by atoms with Gasteiger partial charge in [-0.3, -0.25) is 9.59 Å². The number of carbonyl (C=O) groups excluding carboxylic acids is 2. The molecule has 0 saturated carbocycles. The third-order valence-corrected chi connectivity index (χ3v) is 4.47. The molecule has 26 heavy (non-hydrogen) atoms. The van der Waals surface area contributed by atoms with Crippen LogP contribution in [0.3, 0.4) is 0 Å². The van der Waals surface area contributed by atoms with E-state index >= 15 is 0 Å². The van der Waals surface area contributed by atoms with Gasteiger partial charge in [0.2, 0.25) is 17.7 Å². The zero-order valence-electron chi connectivity index (χ0n) is 15.1. The molecule has 1 saturated heterocycles. The minimum atomic E-state index is -0.420. The second-order valence-electron chi connectivity index (χ2n) is 6.80. The van der Waals surface area contributed by atoms with Crippen molar-refractivity contribution in [2.75, 3.05) is 11.9 Å². The summed E-state index contributed by atoms with van der Waals surface area (Å²) < 4.78 is 5.18. The Kier molecular flexibility index (Phi) is 5.65. The molecule has 1 aromatic heterocycles. The van der Waals surface area contributed by atoms with Crippen LogP contribution in [0.2, 0.25) is 0 Å². The molecule has 7 heteroatoms. The first-order valence-corrected chi connectivity index (χ1v) is 9.02. The number of nitrogens with one attached hydrogen (secondary N) is 1. The van der Waals surface area contributed by atoms with Gasteiger partial charge in [-0.05, 0) is 25.0 Å². The highest BCUT2D eigenvalue weighted by Crippen LogP contribution is 2.21. The van der Waals surface area contributed by atoms with Gasteiger partial charge < -0.3 is 14.7 Å². The Bertz CT molecular complexity index is 757. The lowest BCUT2D eigenvalue weighted by atomic mass is 10.2. The molecule has 2 amide bonds. The molecule has 1 atom stereocenters. The van der Waals surface area contributed by atoms with Gasteiger partial charge >= 0.3 is 0 Å². The molecule has 2 aromatic rings. The van der Waals surface area contributed by atoms with E-state index < -0.39 is 6.04 Å². The molecule has 1 fully saturated rings. The molecule has 3 rings (SSSR count). The fourth-order valence-electron chi connectivity index (χ4n) is 3.05. The van der Waals surface area contributed by atoms with Crippen LogP contribution in [0.5, 0.6) is 0 Å². The van der Waals surface area contributed by atoms with Crippen LogP contribution < -0.4 is 5.32 Å². The van der Waals surface area contributed by atoms with Gasteiger partial charge in [0.05, 0.1) is 0 Å². The SMILES string of the molecule is CC(C)c1noc(CCC(=O)N2CCC[C@@H]2C(=O)Nc2ccccc2)n1. The minimum Gasteiger partial charge on any atom is -0.339 e. The van der Waals surface area contributed by atoms with Crippen molar-refractivity contribution in [3.63, 3.8) is 0 Å². The number of aryl methyl sites for hydroxylation is 1. The van der Waals surface area contributed by atoms with Gasteiger partial charge in [-0.2, -0.15) is 4.98 Å². The van der Waals surface area contributed by atoms with Gasteiger partial charge in [-0.1, -0.05) is 37.2 Å². The third-order valence-electron chi connectivity index (χ3n) is 4.47. The first-order chi connectivity index (χ1) is 12.5. The topological polar surface area (TPSA) is 88.3 Å². The lowest BCUT2D eigenvalue weighted by molar-refractivity contribution is -0.136. The molecule has 1 aromatic carbocycles. The Balaban J connectivity index is 1.56. The van der Waals surface area contributed by atoms with E-state index in [1.807, 2.05) is 44.2 Å². The van der Waals surface area contributed by atoms with E-state index in [2.05, 4.69) is 15.5 Å². The molecule has 138 valence electrons. The van der Waals surface area contributed by atoms with Crippen LogP contribution in [0, 0.1) is 0 Å². The maximum Gasteiger partial charge on any atom is 0.247 e. The number of nitrogens with zero attached hydrogens (tertiary/aromatic N) is 3. The minimum absolute atomic E-state index is 0.0555. The number of para-hydroxylation sites is 1. The second-order valence-corrected chi connectivity index (χ2v) is 6.80. The normalized spacial score (nSPS) is 16.9. The van der Waals surface area contributed by atoms with Crippen molar-refractivity contribution >= 4 is 17.5 Å². The van der Waals surface area contributed by atoms with E-state index in [1.54, 1.807) is 4.90 Å². The van der Waals surface area contributed by atoms with E-state index in [0.717, 1.165) is 12.1 Å². The van der Waals surface area contributed by atoms with Crippen molar-refractivity contribution in [2.45, 2.75) is 51.5 Å². The van der Waals surface area contributed by atoms with Gasteiger partial charge in [0.1, 0.15) is 6.04 Å². The molecular formula is C19H24N4O3. The van der Waals surface area contributed by atoms with Gasteiger partial charge in [0.15, 0.2) is 5.82 Å². The number of aromatic nitrogens is 2. The van der Waals surface area contributed by atoms with Gasteiger partial charge in [-0.15, -0.1) is 0 Å². The summed E-state index contributed by atoms with van der Waals surface area (Å²) in [7, 11) is 0. The number of carbonyl (C=O) groups is 2. The summed E-state index contributed by atoms with van der Waals surface area (Å²) in [6.45, 7) is 4.58. The van der Waals surface area contributed by atoms with Crippen molar-refractivity contribution in [1.29, 1.82) is 0 Å². The summed E-state index contributed by atoms with van der Waals surface area (Å²) in [5.74, 6) is 1.11. The molecule has 0 bridgehead atoms. The molecule has 0 aliphatic carbocycles. The Morgan fingerprint density at radius 3 is 2.77 bits per heavy atom. The highest BCUT2D eigenvalue weighted by molar-refractivity contribution is 5.97. The Morgan fingerprint density at radius 2 is 2.08 bits per heavy atom. The van der Waals surface area contributed by atoms with E-state index in [-0.39, 0.29) is 24.2 Å². The lowest BCUT2D eigenvalue weighted by Crippen LogP contribution is -2.43. The van der Waals surface area contributed by atoms with Crippen LogP contribution in [0.15, 0.2) is 34.9 Å². The van der Waals surface area contributed by atoms with Crippen LogP contribution in [0.25, 0.3) is 0 Å². The van der Waals surface area contributed by atoms with Crippen LogP contribution in [-0.2, 0) is 16.0 Å². The summed E-state index contributed by atoms with van der Waals surface area (Å²) in [4.78, 5) is 31.1. The average Bonchev–Trinajstić information content (AvgIpc) is 3.30. The first-order valence-electron chi connectivity index (χ1n) is 9.02. The fourth-order valence-corrected chi connectivity index (χ4v) is 3.05. The van der Waals surface area contributed by atoms with Gasteiger partial charge in [0.25, 0.3) is 0 Å². The lowest BCUT2D eigenvalue weighted by Gasteiger charge is -2.23. The van der Waals surface area contributed by atoms with Crippen LogP contribution in [-0.4, -0.2) is 39.4 Å². The van der Waals surface area contributed by atoms with E-state index in [0.29, 0.717) is 31.1 Å². The molecular weight excluding hydrogens is 332 g/mol. The van der Waals surface area contributed by atoms with Crippen LogP contribution in [0.4, 0.5) is 5.69 Å². The summed E-state index contributed by atoms with van der Waals surface area (Å²) in [5.41, 5.74) is 0.740. The number of hydrogen-bond donors (Lipinski definition) is 1. The third kappa shape index (κ3) is 4.28. The molecule has 1 N–H and O–H groups in total. The number of amides is 2. The van der Waals surface area contributed by atoms with Crippen molar-refractivity contribution in [2.24, 2.45) is 0 Å². The van der Waals surface area contributed by atoms with Crippen LogP contribution in [0.1, 0.15) is 50.7 Å². The highest BCUT2D eigenvalue weighted by Gasteiger charge is 2.33. The van der Waals surface area contributed by atoms with Crippen molar-refractivity contribution in [3.8, 4) is 0 Å². The number of hydrogen-bond acceptors (Lipinski definition) is 5. The summed E-state index contributed by atoms with van der Waals surface area (Å²) >= 11 is 0. The quantitative estimate of drug-likeness (QED) is 0.860. The Morgan fingerprint density at radius 1 is 1.31 bits per heavy atom. The summed E-state index contributed by atoms with van der Waals surface area (Å²) in [5, 5.41) is 6.79. The smallest absolute Gasteiger partial charge is 0.247 e. The summed E-state index contributed by atoms with van der Waals surface area (Å²) in [6.07, 6.45) is 2.16. The van der Waals surface area contributed by atoms with Gasteiger partial charge in [0, 0.05) is 31.0 Å². The van der Waals surface area contributed by atoms with E-state index in [1.165, 1.54) is 0 Å². The Labute approximate surface area is 152 Å². The standard InChI is InChI=1S/C19H24N4O3/c1-13(2)18-21-16(26-22-18)10-11-17(24)23-12-6-9-15(23)19(25)20-14-7-4-3-5-8-14/h3-5,7-8,13,15H,6,9-12H2,1-2H3,(H,20,25)/t15-/m1/s1. The van der Waals surface area contributed by atoms with E-state index in [9.17, 15) is 9.59 Å². The predicted octanol–water partition coefficient (Wildman–Crippen LogP) is 2.76. The predicted molar refractivity (Wildman–Crippen MR) is 96.5 cm³/mol. The molecule has 1 aliphatic rings. The second kappa shape index (κ2) is 8.12. The number of benzene rings is 1. The zero-order chi connectivity index (χ0) is 18.5. The Hall–Kier alpha value is -2.70. The maximum absolute atomic E-state index is 12.6. The average molecular weight is 356 g/mol. The number of likely N-dealkylation sites (tertiary alicyclic amines) is 1. The van der Waals surface area contributed by atoms with Crippen LogP contribution >= 0.6 is 0 Å². The van der Waals surface area contributed by atoms with Crippen molar-refractivity contribution in [1.82, 2.24) is 15.0 Å². The largest absolute Gasteiger partial charge is 0.339 e. The van der Waals surface area contributed by atoms with Gasteiger partial charge in [-0.25, -0.2) is 0 Å². The zero-order valence-corrected chi connectivity index (χ0v) is 15.1. The number of anilines is 1. The molecule has 2 heterocycles.